The second-order valence-corrected chi connectivity index (χ2v) is 4.90. The molecule has 0 aromatic heterocycles. The fraction of sp³-hybridized carbons (Fsp3) is 0.455. The number of aliphatic hydroxyl groups excluding tert-OH is 1. The first-order chi connectivity index (χ1) is 7.47. The predicted octanol–water partition coefficient (Wildman–Crippen LogP) is 3.68. The van der Waals surface area contributed by atoms with Gasteiger partial charge in [-0.15, -0.1) is 0 Å². The first kappa shape index (κ1) is 14.1. The third-order valence-corrected chi connectivity index (χ3v) is 3.65. The molecule has 1 unspecified atom stereocenters. The fourth-order valence-electron chi connectivity index (χ4n) is 1.44. The van der Waals surface area contributed by atoms with Gasteiger partial charge >= 0.3 is 0 Å². The molecule has 0 aliphatic rings. The van der Waals surface area contributed by atoms with Crippen molar-refractivity contribution < 1.29 is 5.11 Å². The van der Waals surface area contributed by atoms with E-state index in [1.54, 1.807) is 6.07 Å². The van der Waals surface area contributed by atoms with E-state index in [2.05, 4.69) is 5.32 Å². The van der Waals surface area contributed by atoms with E-state index >= 15 is 0 Å². The molecular formula is C11H14Cl3NO. The quantitative estimate of drug-likeness (QED) is 0.826. The molecule has 0 saturated carbocycles. The molecule has 5 heteroatoms. The van der Waals surface area contributed by atoms with Crippen LogP contribution in [-0.4, -0.2) is 17.8 Å². The van der Waals surface area contributed by atoms with Gasteiger partial charge in [-0.05, 0) is 25.5 Å². The van der Waals surface area contributed by atoms with E-state index in [0.29, 0.717) is 15.1 Å². The molecule has 0 radical (unpaired) electrons. The molecule has 1 aromatic rings. The van der Waals surface area contributed by atoms with Crippen LogP contribution in [0.2, 0.25) is 15.1 Å². The Kier molecular flexibility index (Phi) is 5.35. The smallest absolute Gasteiger partial charge is 0.0781 e. The standard InChI is InChI=1S/C11H14Cl3NO/c1-6(5-16)15-7(2)8-3-4-9(12)11(14)10(8)13/h3-4,6-7,15-16H,5H2,1-2H3/t6-,7?/m1/s1. The van der Waals surface area contributed by atoms with Crippen molar-refractivity contribution in [2.45, 2.75) is 25.9 Å². The number of aliphatic hydroxyl groups is 1. The van der Waals surface area contributed by atoms with Gasteiger partial charge in [-0.2, -0.15) is 0 Å². The van der Waals surface area contributed by atoms with E-state index in [9.17, 15) is 0 Å². The van der Waals surface area contributed by atoms with Crippen molar-refractivity contribution in [2.75, 3.05) is 6.61 Å². The number of nitrogens with one attached hydrogen (secondary N) is 1. The summed E-state index contributed by atoms with van der Waals surface area (Å²) >= 11 is 17.9. The molecule has 1 aromatic carbocycles. The highest BCUT2D eigenvalue weighted by molar-refractivity contribution is 6.48. The largest absolute Gasteiger partial charge is 0.395 e. The summed E-state index contributed by atoms with van der Waals surface area (Å²) in [5.41, 5.74) is 0.872. The van der Waals surface area contributed by atoms with E-state index in [0.717, 1.165) is 5.56 Å². The monoisotopic (exact) mass is 281 g/mol. The Morgan fingerprint density at radius 2 is 1.81 bits per heavy atom. The van der Waals surface area contributed by atoms with Gasteiger partial charge in [-0.3, -0.25) is 0 Å². The molecule has 0 saturated heterocycles. The van der Waals surface area contributed by atoms with Crippen LogP contribution in [0.5, 0.6) is 0 Å². The topological polar surface area (TPSA) is 32.3 Å². The summed E-state index contributed by atoms with van der Waals surface area (Å²) in [7, 11) is 0. The molecular weight excluding hydrogens is 268 g/mol. The lowest BCUT2D eigenvalue weighted by Gasteiger charge is -2.20. The maximum atomic E-state index is 8.96. The number of benzene rings is 1. The van der Waals surface area contributed by atoms with Crippen molar-refractivity contribution in [1.29, 1.82) is 0 Å². The highest BCUT2D eigenvalue weighted by Crippen LogP contribution is 2.35. The summed E-state index contributed by atoms with van der Waals surface area (Å²) in [5, 5.41) is 13.4. The van der Waals surface area contributed by atoms with Crippen molar-refractivity contribution in [1.82, 2.24) is 5.32 Å². The van der Waals surface area contributed by atoms with Crippen LogP contribution in [0, 0.1) is 0 Å². The lowest BCUT2D eigenvalue weighted by atomic mass is 10.1. The highest BCUT2D eigenvalue weighted by Gasteiger charge is 2.15. The molecule has 16 heavy (non-hydrogen) atoms. The predicted molar refractivity (Wildman–Crippen MR) is 69.6 cm³/mol. The Labute approximate surface area is 111 Å². The molecule has 0 amide bonds. The first-order valence-electron chi connectivity index (χ1n) is 4.97. The summed E-state index contributed by atoms with van der Waals surface area (Å²) < 4.78 is 0. The van der Waals surface area contributed by atoms with Crippen LogP contribution in [0.15, 0.2) is 12.1 Å². The molecule has 2 atom stereocenters. The zero-order chi connectivity index (χ0) is 12.3. The number of rotatable bonds is 4. The Morgan fingerprint density at radius 3 is 2.38 bits per heavy atom. The summed E-state index contributed by atoms with van der Waals surface area (Å²) in [6.45, 7) is 3.92. The third-order valence-electron chi connectivity index (χ3n) is 2.34. The molecule has 90 valence electrons. The zero-order valence-corrected chi connectivity index (χ0v) is 11.4. The summed E-state index contributed by atoms with van der Waals surface area (Å²) in [6.07, 6.45) is 0. The molecule has 2 nitrogen and oxygen atoms in total. The molecule has 0 aliphatic carbocycles. The van der Waals surface area contributed by atoms with Gasteiger partial charge < -0.3 is 10.4 Å². The summed E-state index contributed by atoms with van der Waals surface area (Å²) in [5.74, 6) is 0. The van der Waals surface area contributed by atoms with Gasteiger partial charge in [0.05, 0.1) is 21.7 Å². The highest BCUT2D eigenvalue weighted by atomic mass is 35.5. The van der Waals surface area contributed by atoms with E-state index in [1.807, 2.05) is 19.9 Å². The van der Waals surface area contributed by atoms with Crippen LogP contribution in [-0.2, 0) is 0 Å². The van der Waals surface area contributed by atoms with Crippen molar-refractivity contribution >= 4 is 34.8 Å². The van der Waals surface area contributed by atoms with Crippen LogP contribution < -0.4 is 5.32 Å². The summed E-state index contributed by atoms with van der Waals surface area (Å²) in [6, 6.07) is 3.55. The zero-order valence-electron chi connectivity index (χ0n) is 9.10. The van der Waals surface area contributed by atoms with Crippen LogP contribution in [0.1, 0.15) is 25.5 Å². The van der Waals surface area contributed by atoms with Gasteiger partial charge in [-0.1, -0.05) is 40.9 Å². The average Bonchev–Trinajstić information content (AvgIpc) is 2.25. The van der Waals surface area contributed by atoms with Crippen LogP contribution in [0.4, 0.5) is 0 Å². The van der Waals surface area contributed by atoms with E-state index in [1.165, 1.54) is 0 Å². The Balaban J connectivity index is 2.92. The number of hydrogen-bond acceptors (Lipinski definition) is 2. The molecule has 0 aliphatic heterocycles. The SMILES string of the molecule is CC(N[C@H](C)CO)c1ccc(Cl)c(Cl)c1Cl. The van der Waals surface area contributed by atoms with Crippen molar-refractivity contribution in [3.63, 3.8) is 0 Å². The number of hydrogen-bond donors (Lipinski definition) is 2. The third kappa shape index (κ3) is 3.25. The van der Waals surface area contributed by atoms with Crippen molar-refractivity contribution in [3.8, 4) is 0 Å². The first-order valence-corrected chi connectivity index (χ1v) is 6.11. The lowest BCUT2D eigenvalue weighted by molar-refractivity contribution is 0.243. The van der Waals surface area contributed by atoms with Gasteiger partial charge in [-0.25, -0.2) is 0 Å². The molecule has 1 rings (SSSR count). The minimum atomic E-state index is 0.000482. The fourth-order valence-corrected chi connectivity index (χ4v) is 2.15. The maximum absolute atomic E-state index is 8.96. The van der Waals surface area contributed by atoms with Crippen LogP contribution >= 0.6 is 34.8 Å². The molecule has 2 N–H and O–H groups in total. The molecule has 0 fully saturated rings. The minimum absolute atomic E-state index is 0.000482. The van der Waals surface area contributed by atoms with Gasteiger partial charge in [0, 0.05) is 12.1 Å². The van der Waals surface area contributed by atoms with Crippen molar-refractivity contribution in [3.05, 3.63) is 32.8 Å². The molecule has 0 spiro atoms. The van der Waals surface area contributed by atoms with E-state index in [4.69, 9.17) is 39.9 Å². The Bertz CT molecular complexity index is 370. The average molecular weight is 283 g/mol. The Hall–Kier alpha value is 0.01000. The summed E-state index contributed by atoms with van der Waals surface area (Å²) in [4.78, 5) is 0. The normalized spacial score (nSPS) is 14.9. The second kappa shape index (κ2) is 6.08. The minimum Gasteiger partial charge on any atom is -0.395 e. The second-order valence-electron chi connectivity index (χ2n) is 3.74. The van der Waals surface area contributed by atoms with Gasteiger partial charge in [0.25, 0.3) is 0 Å². The lowest BCUT2D eigenvalue weighted by Crippen LogP contribution is -2.31. The van der Waals surface area contributed by atoms with Gasteiger partial charge in [0.2, 0.25) is 0 Å². The van der Waals surface area contributed by atoms with E-state index < -0.39 is 0 Å². The van der Waals surface area contributed by atoms with Crippen LogP contribution in [0.25, 0.3) is 0 Å². The maximum Gasteiger partial charge on any atom is 0.0781 e. The Morgan fingerprint density at radius 1 is 1.19 bits per heavy atom. The van der Waals surface area contributed by atoms with E-state index in [-0.39, 0.29) is 18.7 Å². The van der Waals surface area contributed by atoms with Gasteiger partial charge in [0.15, 0.2) is 0 Å². The van der Waals surface area contributed by atoms with Crippen LogP contribution in [0.3, 0.4) is 0 Å². The molecule has 0 heterocycles. The van der Waals surface area contributed by atoms with Gasteiger partial charge in [0.1, 0.15) is 0 Å². The number of halogens is 3. The molecule has 0 bridgehead atoms. The van der Waals surface area contributed by atoms with Crippen molar-refractivity contribution in [2.24, 2.45) is 0 Å².